The van der Waals surface area contributed by atoms with E-state index in [1.807, 2.05) is 0 Å². The Hall–Kier alpha value is -1.38. The molecule has 0 fully saturated rings. The minimum Gasteiger partial charge on any atom is -0.481 e. The summed E-state index contributed by atoms with van der Waals surface area (Å²) in [6.07, 6.45) is 8.15. The molecule has 0 bridgehead atoms. The summed E-state index contributed by atoms with van der Waals surface area (Å²) in [7, 11) is 0. The highest BCUT2D eigenvalue weighted by Crippen LogP contribution is 2.04. The SMILES string of the molecule is CCCCCCCCOCCOCCOCCOCCOCCOCCOCCOCCCNC(=O)CCC(=O)O. The van der Waals surface area contributed by atoms with Gasteiger partial charge in [0, 0.05) is 26.2 Å². The molecular weight excluding hydrogens is 538 g/mol. The molecule has 12 heteroatoms. The van der Waals surface area contributed by atoms with Gasteiger partial charge in [0.15, 0.2) is 0 Å². The van der Waals surface area contributed by atoms with E-state index in [4.69, 9.17) is 43.0 Å². The van der Waals surface area contributed by atoms with Crippen molar-refractivity contribution >= 4 is 11.9 Å². The average Bonchev–Trinajstić information content (AvgIpc) is 2.96. The lowest BCUT2D eigenvalue weighted by atomic mass is 10.1. The Morgan fingerprint density at radius 1 is 0.463 bits per heavy atom. The number of aliphatic carboxylic acids is 1. The minimum atomic E-state index is -0.978. The molecule has 12 nitrogen and oxygen atoms in total. The number of amides is 1. The molecule has 0 rings (SSSR count). The van der Waals surface area contributed by atoms with E-state index in [-0.39, 0.29) is 18.7 Å². The molecule has 0 aromatic rings. The quantitative estimate of drug-likeness (QED) is 0.105. The summed E-state index contributed by atoms with van der Waals surface area (Å²) in [5.41, 5.74) is 0. The molecule has 1 amide bonds. The van der Waals surface area contributed by atoms with Gasteiger partial charge >= 0.3 is 5.97 Å². The smallest absolute Gasteiger partial charge is 0.303 e. The zero-order chi connectivity index (χ0) is 29.9. The van der Waals surface area contributed by atoms with Gasteiger partial charge in [-0.3, -0.25) is 9.59 Å². The number of rotatable bonds is 35. The Bertz CT molecular complexity index is 555. The number of unbranched alkanes of at least 4 members (excludes halogenated alkanes) is 5. The monoisotopic (exact) mass is 595 g/mol. The number of carboxylic acid groups (broad SMARTS) is 1. The lowest BCUT2D eigenvalue weighted by Gasteiger charge is -2.09. The maximum Gasteiger partial charge on any atom is 0.303 e. The third-order valence-corrected chi connectivity index (χ3v) is 5.60. The number of carbonyl (C=O) groups excluding carboxylic acids is 1. The van der Waals surface area contributed by atoms with Crippen LogP contribution < -0.4 is 5.32 Å². The van der Waals surface area contributed by atoms with Gasteiger partial charge in [0.2, 0.25) is 5.91 Å². The van der Waals surface area contributed by atoms with Gasteiger partial charge in [0.05, 0.1) is 98.9 Å². The summed E-state index contributed by atoms with van der Waals surface area (Å²) in [6.45, 7) is 11.3. The van der Waals surface area contributed by atoms with E-state index in [0.717, 1.165) is 13.0 Å². The molecule has 0 heterocycles. The van der Waals surface area contributed by atoms with Crippen LogP contribution in [0, 0.1) is 0 Å². The summed E-state index contributed by atoms with van der Waals surface area (Å²) >= 11 is 0. The van der Waals surface area contributed by atoms with Crippen molar-refractivity contribution in [1.82, 2.24) is 5.32 Å². The van der Waals surface area contributed by atoms with E-state index in [2.05, 4.69) is 12.2 Å². The van der Waals surface area contributed by atoms with Crippen LogP contribution in [0.4, 0.5) is 0 Å². The van der Waals surface area contributed by atoms with Crippen LogP contribution in [0.5, 0.6) is 0 Å². The van der Waals surface area contributed by atoms with E-state index < -0.39 is 5.97 Å². The molecule has 0 radical (unpaired) electrons. The van der Waals surface area contributed by atoms with Crippen molar-refractivity contribution in [1.29, 1.82) is 0 Å². The zero-order valence-corrected chi connectivity index (χ0v) is 25.4. The van der Waals surface area contributed by atoms with Crippen LogP contribution in [-0.4, -0.2) is 129 Å². The third-order valence-electron chi connectivity index (χ3n) is 5.60. The Kier molecular flexibility index (Phi) is 33.6. The molecule has 0 aromatic carbocycles. The highest BCUT2D eigenvalue weighted by atomic mass is 16.6. The first-order valence-corrected chi connectivity index (χ1v) is 15.3. The molecule has 0 spiro atoms. The number of ether oxygens (including phenoxy) is 8. The molecule has 0 aromatic heterocycles. The van der Waals surface area contributed by atoms with Crippen molar-refractivity contribution in [2.75, 3.05) is 112 Å². The second-order valence-corrected chi connectivity index (χ2v) is 9.26. The number of carboxylic acids is 1. The summed E-state index contributed by atoms with van der Waals surface area (Å²) in [5.74, 6) is -1.24. The second-order valence-electron chi connectivity index (χ2n) is 9.26. The Balaban J connectivity index is 3.08. The van der Waals surface area contributed by atoms with Crippen LogP contribution in [0.1, 0.15) is 64.7 Å². The highest BCUT2D eigenvalue weighted by molar-refractivity contribution is 5.80. The van der Waals surface area contributed by atoms with Crippen molar-refractivity contribution in [3.8, 4) is 0 Å². The van der Waals surface area contributed by atoms with Gasteiger partial charge in [0.1, 0.15) is 0 Å². The number of hydrogen-bond acceptors (Lipinski definition) is 10. The maximum atomic E-state index is 11.3. The first kappa shape index (κ1) is 39.6. The van der Waals surface area contributed by atoms with Crippen molar-refractivity contribution < 1.29 is 52.6 Å². The molecular formula is C29H57NO11. The van der Waals surface area contributed by atoms with Gasteiger partial charge in [-0.25, -0.2) is 0 Å². The fourth-order valence-corrected chi connectivity index (χ4v) is 3.34. The minimum absolute atomic E-state index is 0.00368. The van der Waals surface area contributed by atoms with Crippen LogP contribution in [0.25, 0.3) is 0 Å². The molecule has 0 aliphatic carbocycles. The first-order valence-electron chi connectivity index (χ1n) is 15.3. The van der Waals surface area contributed by atoms with Crippen LogP contribution in [0.2, 0.25) is 0 Å². The molecule has 0 unspecified atom stereocenters. The molecule has 0 saturated heterocycles. The van der Waals surface area contributed by atoms with E-state index in [1.165, 1.54) is 32.1 Å². The van der Waals surface area contributed by atoms with Gasteiger partial charge in [-0.15, -0.1) is 0 Å². The topological polar surface area (TPSA) is 140 Å². The largest absolute Gasteiger partial charge is 0.481 e. The number of nitrogens with one attached hydrogen (secondary N) is 1. The van der Waals surface area contributed by atoms with Crippen molar-refractivity contribution in [3.63, 3.8) is 0 Å². The van der Waals surface area contributed by atoms with Gasteiger partial charge < -0.3 is 48.3 Å². The van der Waals surface area contributed by atoms with E-state index >= 15 is 0 Å². The molecule has 0 saturated carbocycles. The van der Waals surface area contributed by atoms with Gasteiger partial charge in [-0.1, -0.05) is 39.0 Å². The lowest BCUT2D eigenvalue weighted by molar-refractivity contribution is -0.138. The van der Waals surface area contributed by atoms with E-state index in [0.29, 0.717) is 112 Å². The summed E-state index contributed by atoms with van der Waals surface area (Å²) < 4.78 is 43.7. The summed E-state index contributed by atoms with van der Waals surface area (Å²) in [5, 5.41) is 11.2. The number of carbonyl (C=O) groups is 2. The fourth-order valence-electron chi connectivity index (χ4n) is 3.34. The molecule has 41 heavy (non-hydrogen) atoms. The van der Waals surface area contributed by atoms with Gasteiger partial charge in [-0.05, 0) is 12.8 Å². The zero-order valence-electron chi connectivity index (χ0n) is 25.4. The van der Waals surface area contributed by atoms with E-state index in [9.17, 15) is 9.59 Å². The second kappa shape index (κ2) is 34.8. The fraction of sp³-hybridized carbons (Fsp3) is 0.931. The van der Waals surface area contributed by atoms with Crippen LogP contribution in [0.3, 0.4) is 0 Å². The van der Waals surface area contributed by atoms with Crippen molar-refractivity contribution in [2.24, 2.45) is 0 Å². The van der Waals surface area contributed by atoms with Crippen molar-refractivity contribution in [2.45, 2.75) is 64.7 Å². The molecule has 0 atom stereocenters. The molecule has 0 aliphatic rings. The maximum absolute atomic E-state index is 11.3. The van der Waals surface area contributed by atoms with Gasteiger partial charge in [-0.2, -0.15) is 0 Å². The Morgan fingerprint density at radius 2 is 0.805 bits per heavy atom. The van der Waals surface area contributed by atoms with Crippen LogP contribution >= 0.6 is 0 Å². The molecule has 0 aliphatic heterocycles. The summed E-state index contributed by atoms with van der Waals surface area (Å²) in [4.78, 5) is 21.7. The highest BCUT2D eigenvalue weighted by Gasteiger charge is 2.04. The third kappa shape index (κ3) is 36.6. The average molecular weight is 596 g/mol. The molecule has 244 valence electrons. The van der Waals surface area contributed by atoms with Crippen molar-refractivity contribution in [3.05, 3.63) is 0 Å². The van der Waals surface area contributed by atoms with Crippen LogP contribution in [0.15, 0.2) is 0 Å². The standard InChI is InChI=1S/C29H57NO11/c1-2-3-4-5-6-7-12-34-14-16-36-18-20-38-22-24-40-26-27-41-25-23-39-21-19-37-17-15-35-13-8-11-30-28(31)9-10-29(32)33/h2-27H2,1H3,(H,30,31)(H,32,33). The van der Waals surface area contributed by atoms with Gasteiger partial charge in [0.25, 0.3) is 0 Å². The first-order chi connectivity index (χ1) is 20.2. The summed E-state index contributed by atoms with van der Waals surface area (Å²) in [6, 6.07) is 0. The Labute approximate surface area is 247 Å². The Morgan fingerprint density at radius 3 is 1.20 bits per heavy atom. The molecule has 2 N–H and O–H groups in total. The number of hydrogen-bond donors (Lipinski definition) is 2. The normalized spacial score (nSPS) is 11.2. The van der Waals surface area contributed by atoms with E-state index in [1.54, 1.807) is 0 Å². The predicted octanol–water partition coefficient (Wildman–Crippen LogP) is 2.85. The lowest BCUT2D eigenvalue weighted by Crippen LogP contribution is -2.25. The van der Waals surface area contributed by atoms with Crippen LogP contribution in [-0.2, 0) is 47.5 Å². The predicted molar refractivity (Wildman–Crippen MR) is 154 cm³/mol.